The van der Waals surface area contributed by atoms with Crippen molar-refractivity contribution in [3.05, 3.63) is 12.2 Å². The lowest BCUT2D eigenvalue weighted by Gasteiger charge is -2.22. The third-order valence-electron chi connectivity index (χ3n) is 2.34. The van der Waals surface area contributed by atoms with Gasteiger partial charge < -0.3 is 10.8 Å². The molecule has 1 rings (SSSR count). The second-order valence-electron chi connectivity index (χ2n) is 3.34. The summed E-state index contributed by atoms with van der Waals surface area (Å²) >= 11 is 0. The quantitative estimate of drug-likeness (QED) is 0.604. The molecule has 0 aromatic heterocycles. The van der Waals surface area contributed by atoms with Crippen molar-refractivity contribution in [1.82, 2.24) is 0 Å². The Labute approximate surface area is 72.3 Å². The molecule has 0 saturated heterocycles. The zero-order chi connectivity index (χ0) is 9.19. The summed E-state index contributed by atoms with van der Waals surface area (Å²) in [4.78, 5) is 10.9. The van der Waals surface area contributed by atoms with E-state index in [9.17, 15) is 9.90 Å². The zero-order valence-corrected chi connectivity index (χ0v) is 7.29. The summed E-state index contributed by atoms with van der Waals surface area (Å²) in [6.07, 6.45) is 5.77. The van der Waals surface area contributed by atoms with Gasteiger partial charge in [-0.3, -0.25) is 4.79 Å². The first-order valence-corrected chi connectivity index (χ1v) is 4.24. The maximum absolute atomic E-state index is 10.9. The molecule has 1 saturated carbocycles. The number of primary amides is 1. The summed E-state index contributed by atoms with van der Waals surface area (Å²) < 4.78 is 0. The number of hydrogen-bond acceptors (Lipinski definition) is 2. The van der Waals surface area contributed by atoms with Crippen molar-refractivity contribution in [2.24, 2.45) is 11.7 Å². The van der Waals surface area contributed by atoms with Crippen LogP contribution in [0.15, 0.2) is 12.2 Å². The van der Waals surface area contributed by atoms with Gasteiger partial charge in [0.05, 0.1) is 0 Å². The van der Waals surface area contributed by atoms with Crippen molar-refractivity contribution < 1.29 is 9.90 Å². The summed E-state index contributed by atoms with van der Waals surface area (Å²) in [5.74, 6) is -0.505. The molecular weight excluding hydrogens is 154 g/mol. The van der Waals surface area contributed by atoms with Crippen LogP contribution in [-0.4, -0.2) is 16.6 Å². The van der Waals surface area contributed by atoms with Gasteiger partial charge in [-0.25, -0.2) is 0 Å². The Kier molecular flexibility index (Phi) is 2.52. The molecule has 1 aliphatic carbocycles. The van der Waals surface area contributed by atoms with E-state index in [1.807, 2.05) is 13.0 Å². The highest BCUT2D eigenvalue weighted by molar-refractivity contribution is 5.84. The molecule has 0 radical (unpaired) electrons. The van der Waals surface area contributed by atoms with Crippen molar-refractivity contribution in [2.45, 2.75) is 31.8 Å². The van der Waals surface area contributed by atoms with Gasteiger partial charge in [-0.2, -0.15) is 0 Å². The van der Waals surface area contributed by atoms with E-state index >= 15 is 0 Å². The Morgan fingerprint density at radius 1 is 1.75 bits per heavy atom. The number of carbonyl (C=O) groups excluding carboxylic acids is 1. The average molecular weight is 169 g/mol. The number of aliphatic hydroxyl groups is 1. The fourth-order valence-corrected chi connectivity index (χ4v) is 1.33. The summed E-state index contributed by atoms with van der Waals surface area (Å²) in [6, 6.07) is 0. The van der Waals surface area contributed by atoms with Gasteiger partial charge in [0.15, 0.2) is 0 Å². The molecule has 0 spiro atoms. The topological polar surface area (TPSA) is 63.3 Å². The Hall–Kier alpha value is -0.830. The highest BCUT2D eigenvalue weighted by atomic mass is 16.3. The molecule has 1 atom stereocenters. The summed E-state index contributed by atoms with van der Waals surface area (Å²) in [5.41, 5.74) is 3.84. The van der Waals surface area contributed by atoms with Gasteiger partial charge in [-0.1, -0.05) is 12.2 Å². The normalized spacial score (nSPS) is 22.5. The standard InChI is InChI=1S/C9H15NO2/c1-2-3-6-9(12,8(10)11)7-4-5-7/h2-3,7,12H,4-6H2,1H3,(H2,10,11). The lowest BCUT2D eigenvalue weighted by Crippen LogP contribution is -2.45. The van der Waals surface area contributed by atoms with E-state index in [2.05, 4.69) is 0 Å². The minimum Gasteiger partial charge on any atom is -0.379 e. The maximum Gasteiger partial charge on any atom is 0.250 e. The molecule has 1 unspecified atom stereocenters. The predicted octanol–water partition coefficient (Wildman–Crippen LogP) is 0.579. The van der Waals surface area contributed by atoms with E-state index in [1.165, 1.54) is 0 Å². The van der Waals surface area contributed by atoms with E-state index < -0.39 is 11.5 Å². The van der Waals surface area contributed by atoms with E-state index in [-0.39, 0.29) is 5.92 Å². The first kappa shape index (κ1) is 9.26. The minimum atomic E-state index is -1.29. The SMILES string of the molecule is CC=CCC(O)(C(N)=O)C1CC1. The summed E-state index contributed by atoms with van der Waals surface area (Å²) in [7, 11) is 0. The van der Waals surface area contributed by atoms with Crippen LogP contribution in [0.25, 0.3) is 0 Å². The Morgan fingerprint density at radius 3 is 2.67 bits per heavy atom. The molecule has 0 bridgehead atoms. The van der Waals surface area contributed by atoms with Crippen LogP contribution in [0.3, 0.4) is 0 Å². The first-order chi connectivity index (χ1) is 5.61. The van der Waals surface area contributed by atoms with Crippen molar-refractivity contribution in [1.29, 1.82) is 0 Å². The van der Waals surface area contributed by atoms with Crippen LogP contribution in [0.1, 0.15) is 26.2 Å². The van der Waals surface area contributed by atoms with Crippen LogP contribution in [0.4, 0.5) is 0 Å². The Bertz CT molecular complexity index is 209. The monoisotopic (exact) mass is 169 g/mol. The largest absolute Gasteiger partial charge is 0.379 e. The molecule has 12 heavy (non-hydrogen) atoms. The number of amides is 1. The van der Waals surface area contributed by atoms with Gasteiger partial charge >= 0.3 is 0 Å². The third-order valence-corrected chi connectivity index (χ3v) is 2.34. The van der Waals surface area contributed by atoms with Gasteiger partial charge in [0.25, 0.3) is 0 Å². The van der Waals surface area contributed by atoms with E-state index in [4.69, 9.17) is 5.73 Å². The number of rotatable bonds is 4. The molecule has 68 valence electrons. The number of nitrogens with two attached hydrogens (primary N) is 1. The fourth-order valence-electron chi connectivity index (χ4n) is 1.33. The van der Waals surface area contributed by atoms with Crippen LogP contribution in [0, 0.1) is 5.92 Å². The van der Waals surface area contributed by atoms with Crippen LogP contribution in [0.2, 0.25) is 0 Å². The molecular formula is C9H15NO2. The number of hydrogen-bond donors (Lipinski definition) is 2. The summed E-state index contributed by atoms with van der Waals surface area (Å²) in [6.45, 7) is 1.86. The van der Waals surface area contributed by atoms with E-state index in [0.29, 0.717) is 6.42 Å². The van der Waals surface area contributed by atoms with Crippen molar-refractivity contribution >= 4 is 5.91 Å². The van der Waals surface area contributed by atoms with Crippen LogP contribution < -0.4 is 5.73 Å². The number of allylic oxidation sites excluding steroid dienone is 1. The number of carbonyl (C=O) groups is 1. The predicted molar refractivity (Wildman–Crippen MR) is 46.3 cm³/mol. The smallest absolute Gasteiger partial charge is 0.250 e. The second kappa shape index (κ2) is 3.27. The first-order valence-electron chi connectivity index (χ1n) is 4.24. The summed E-state index contributed by atoms with van der Waals surface area (Å²) in [5, 5.41) is 9.83. The van der Waals surface area contributed by atoms with Gasteiger partial charge in [-0.05, 0) is 25.7 Å². The molecule has 0 heterocycles. The Balaban J connectivity index is 2.64. The van der Waals surface area contributed by atoms with Crippen LogP contribution >= 0.6 is 0 Å². The Morgan fingerprint density at radius 2 is 2.33 bits per heavy atom. The van der Waals surface area contributed by atoms with Gasteiger partial charge in [0, 0.05) is 6.42 Å². The highest BCUT2D eigenvalue weighted by Gasteiger charge is 2.47. The molecule has 3 heteroatoms. The average Bonchev–Trinajstić information content (AvgIpc) is 2.82. The molecule has 3 nitrogen and oxygen atoms in total. The maximum atomic E-state index is 10.9. The lowest BCUT2D eigenvalue weighted by atomic mass is 9.93. The molecule has 0 aromatic rings. The third kappa shape index (κ3) is 1.67. The van der Waals surface area contributed by atoms with Crippen molar-refractivity contribution in [2.75, 3.05) is 0 Å². The molecule has 1 amide bonds. The van der Waals surface area contributed by atoms with Crippen LogP contribution in [0.5, 0.6) is 0 Å². The molecule has 1 aliphatic rings. The fraction of sp³-hybridized carbons (Fsp3) is 0.667. The van der Waals surface area contributed by atoms with Gasteiger partial charge in [0.1, 0.15) is 5.60 Å². The van der Waals surface area contributed by atoms with E-state index in [1.54, 1.807) is 6.08 Å². The molecule has 0 aromatic carbocycles. The van der Waals surface area contributed by atoms with Crippen molar-refractivity contribution in [3.63, 3.8) is 0 Å². The van der Waals surface area contributed by atoms with Crippen LogP contribution in [-0.2, 0) is 4.79 Å². The molecule has 0 aliphatic heterocycles. The molecule has 1 fully saturated rings. The lowest BCUT2D eigenvalue weighted by molar-refractivity contribution is -0.138. The van der Waals surface area contributed by atoms with Gasteiger partial charge in [0.2, 0.25) is 5.91 Å². The zero-order valence-electron chi connectivity index (χ0n) is 7.29. The highest BCUT2D eigenvalue weighted by Crippen LogP contribution is 2.41. The van der Waals surface area contributed by atoms with Crippen molar-refractivity contribution in [3.8, 4) is 0 Å². The second-order valence-corrected chi connectivity index (χ2v) is 3.34. The minimum absolute atomic E-state index is 0.0891. The van der Waals surface area contributed by atoms with E-state index in [0.717, 1.165) is 12.8 Å². The molecule has 3 N–H and O–H groups in total. The van der Waals surface area contributed by atoms with Gasteiger partial charge in [-0.15, -0.1) is 0 Å².